The van der Waals surface area contributed by atoms with E-state index in [4.69, 9.17) is 0 Å². The first-order valence-corrected chi connectivity index (χ1v) is 13.7. The second-order valence-electron chi connectivity index (χ2n) is 5.36. The third-order valence-corrected chi connectivity index (χ3v) is 10.6. The molecule has 0 N–H and O–H groups in total. The van der Waals surface area contributed by atoms with Crippen molar-refractivity contribution in [1.29, 1.82) is 0 Å². The molecule has 172 valence electrons. The first-order valence-electron chi connectivity index (χ1n) is 7.67. The monoisotopic (exact) mass is 604 g/mol. The van der Waals surface area contributed by atoms with Crippen molar-refractivity contribution in [2.45, 2.75) is 11.0 Å². The molecule has 0 radical (unpaired) electrons. The Bertz CT molecular complexity index is 1130. The van der Waals surface area contributed by atoms with Crippen molar-refractivity contribution in [1.82, 2.24) is 0 Å². The van der Waals surface area contributed by atoms with Gasteiger partial charge in [0.05, 0.1) is 0 Å². The van der Waals surface area contributed by atoms with Crippen LogP contribution in [0.3, 0.4) is 0 Å². The summed E-state index contributed by atoms with van der Waals surface area (Å²) in [6.07, 6.45) is 0. The van der Waals surface area contributed by atoms with Crippen LogP contribution in [-0.2, 0) is 26.9 Å². The molecule has 0 bridgehead atoms. The number of benzene rings is 2. The molecule has 0 unspecified atom stereocenters. The summed E-state index contributed by atoms with van der Waals surface area (Å²) in [5.41, 5.74) is -11.9. The minimum atomic E-state index is -6.22. The van der Waals surface area contributed by atoms with Crippen molar-refractivity contribution in [3.8, 4) is 0 Å². The third kappa shape index (κ3) is 6.56. The minimum absolute atomic E-state index is 0.0824. The molecule has 0 saturated heterocycles. The molecule has 0 aliphatic rings. The molecule has 6 nitrogen and oxygen atoms in total. The molecule has 0 atom stereocenters. The van der Waals surface area contributed by atoms with Gasteiger partial charge in [0.2, 0.25) is 0 Å². The van der Waals surface area contributed by atoms with Gasteiger partial charge < -0.3 is 0 Å². The molecule has 0 saturated carbocycles. The van der Waals surface area contributed by atoms with E-state index in [0.29, 0.717) is 4.08 Å². The third-order valence-electron chi connectivity index (χ3n) is 3.12. The molecule has 0 aliphatic carbocycles. The molecule has 0 amide bonds. The van der Waals surface area contributed by atoms with E-state index in [9.17, 15) is 43.2 Å². The van der Waals surface area contributed by atoms with Gasteiger partial charge in [-0.25, -0.2) is 0 Å². The van der Waals surface area contributed by atoms with Crippen molar-refractivity contribution in [2.75, 3.05) is 0 Å². The van der Waals surface area contributed by atoms with E-state index in [2.05, 4.69) is 6.70 Å². The van der Waals surface area contributed by atoms with Crippen LogP contribution in [0.15, 0.2) is 64.7 Å². The van der Waals surface area contributed by atoms with Gasteiger partial charge in [-0.2, -0.15) is 0 Å². The molecule has 2 rings (SSSR count). The SMILES string of the molecule is O=S(=O)(OC(=CI(OS(=O)(=O)C(F)(F)F)c1ccccc1)c1ccccc1)C(F)(F)F. The van der Waals surface area contributed by atoms with Gasteiger partial charge >= 0.3 is 181 Å². The van der Waals surface area contributed by atoms with E-state index < -0.39 is 57.2 Å². The van der Waals surface area contributed by atoms with Gasteiger partial charge in [0, 0.05) is 0 Å². The Morgan fingerprint density at radius 3 is 1.65 bits per heavy atom. The predicted molar refractivity (Wildman–Crippen MR) is 106 cm³/mol. The Morgan fingerprint density at radius 1 is 0.742 bits per heavy atom. The Balaban J connectivity index is 2.65. The second kappa shape index (κ2) is 9.33. The number of halogens is 7. The predicted octanol–water partition coefficient (Wildman–Crippen LogP) is 5.01. The molecule has 2 aromatic rings. The number of alkyl halides is 6. The molecule has 0 heterocycles. The fourth-order valence-electron chi connectivity index (χ4n) is 1.77. The van der Waals surface area contributed by atoms with Crippen molar-refractivity contribution >= 4 is 46.2 Å². The summed E-state index contributed by atoms with van der Waals surface area (Å²) in [6.45, 7) is 0. The van der Waals surface area contributed by atoms with E-state index in [1.807, 2.05) is 0 Å². The van der Waals surface area contributed by atoms with Crippen LogP contribution < -0.4 is 0 Å². The Morgan fingerprint density at radius 2 is 1.19 bits per heavy atom. The van der Waals surface area contributed by atoms with Crippen LogP contribution in [-0.4, -0.2) is 27.9 Å². The fraction of sp³-hybridized carbons (Fsp3) is 0.125. The molecular weight excluding hydrogens is 593 g/mol. The first-order chi connectivity index (χ1) is 14.1. The van der Waals surface area contributed by atoms with Crippen LogP contribution >= 0.6 is 20.2 Å². The van der Waals surface area contributed by atoms with E-state index in [1.54, 1.807) is 0 Å². The summed E-state index contributed by atoms with van der Waals surface area (Å²) in [7, 11) is -12.4. The first kappa shape index (κ1) is 25.4. The van der Waals surface area contributed by atoms with E-state index in [0.717, 1.165) is 12.1 Å². The van der Waals surface area contributed by atoms with Crippen LogP contribution in [0.4, 0.5) is 26.3 Å². The van der Waals surface area contributed by atoms with Crippen molar-refractivity contribution in [3.63, 3.8) is 0 Å². The van der Waals surface area contributed by atoms with Crippen molar-refractivity contribution in [3.05, 3.63) is 73.9 Å². The van der Waals surface area contributed by atoms with E-state index >= 15 is 0 Å². The Hall–Kier alpha value is -1.85. The summed E-state index contributed by atoms with van der Waals surface area (Å²) in [4.78, 5) is 0. The topological polar surface area (TPSA) is 86.7 Å². The molecule has 0 aliphatic heterocycles. The van der Waals surface area contributed by atoms with Gasteiger partial charge in [0.15, 0.2) is 0 Å². The average molecular weight is 604 g/mol. The molecule has 0 fully saturated rings. The van der Waals surface area contributed by atoms with Gasteiger partial charge in [-0.05, 0) is 0 Å². The Kier molecular flexibility index (Phi) is 7.65. The molecular formula is C16H11F6IO6S2. The van der Waals surface area contributed by atoms with Gasteiger partial charge in [-0.1, -0.05) is 0 Å². The van der Waals surface area contributed by atoms with Crippen molar-refractivity contribution in [2.24, 2.45) is 0 Å². The van der Waals surface area contributed by atoms with Gasteiger partial charge in [0.1, 0.15) is 0 Å². The standard InChI is InChI=1S/C16H11F6IO6S2/c17-15(18,19)30(24,25)28-14(12-7-3-1-4-8-12)11-23(13-9-5-2-6-10-13)29-31(26,27)16(20,21)22/h1-11H. The summed E-state index contributed by atoms with van der Waals surface area (Å²) >= 11 is -4.14. The normalized spacial score (nSPS) is 14.3. The zero-order valence-corrected chi connectivity index (χ0v) is 18.6. The van der Waals surface area contributed by atoms with Crippen LogP contribution in [0.2, 0.25) is 0 Å². The molecule has 0 spiro atoms. The molecule has 0 aromatic heterocycles. The summed E-state index contributed by atoms with van der Waals surface area (Å²) < 4.78 is 132. The average Bonchev–Trinajstić information content (AvgIpc) is 2.66. The Labute approximate surface area is 180 Å². The van der Waals surface area contributed by atoms with Crippen molar-refractivity contribution < 1.29 is 49.9 Å². The zero-order chi connectivity index (χ0) is 23.5. The second-order valence-corrected chi connectivity index (χ2v) is 12.9. The van der Waals surface area contributed by atoms with Crippen LogP contribution in [0, 0.1) is 3.57 Å². The fourth-order valence-corrected chi connectivity index (χ4v) is 8.34. The maximum absolute atomic E-state index is 12.8. The van der Waals surface area contributed by atoms with E-state index in [-0.39, 0.29) is 9.13 Å². The van der Waals surface area contributed by atoms with Gasteiger partial charge in [-0.15, -0.1) is 0 Å². The summed E-state index contributed by atoms with van der Waals surface area (Å²) in [6, 6.07) is 12.7. The van der Waals surface area contributed by atoms with Crippen LogP contribution in [0.1, 0.15) is 5.56 Å². The molecule has 15 heteroatoms. The van der Waals surface area contributed by atoms with Crippen LogP contribution in [0.5, 0.6) is 0 Å². The quantitative estimate of drug-likeness (QED) is 0.145. The number of hydrogen-bond donors (Lipinski definition) is 0. The van der Waals surface area contributed by atoms with Gasteiger partial charge in [-0.3, -0.25) is 0 Å². The van der Waals surface area contributed by atoms with Gasteiger partial charge in [0.25, 0.3) is 0 Å². The van der Waals surface area contributed by atoms with E-state index in [1.165, 1.54) is 48.5 Å². The number of hydrogen-bond acceptors (Lipinski definition) is 6. The van der Waals surface area contributed by atoms with Crippen LogP contribution in [0.25, 0.3) is 5.76 Å². The summed E-state index contributed by atoms with van der Waals surface area (Å²) in [5.74, 6) is -1.02. The molecule has 2 aromatic carbocycles. The zero-order valence-electron chi connectivity index (χ0n) is 14.8. The maximum atomic E-state index is 12.8. The number of rotatable bonds is 7. The summed E-state index contributed by atoms with van der Waals surface area (Å²) in [5, 5.41) is 0. The molecule has 31 heavy (non-hydrogen) atoms.